The van der Waals surface area contributed by atoms with Crippen molar-refractivity contribution in [2.45, 2.75) is 46.2 Å². The van der Waals surface area contributed by atoms with Crippen LogP contribution in [0.3, 0.4) is 0 Å². The molecule has 0 unspecified atom stereocenters. The minimum absolute atomic E-state index is 0.0889. The highest BCUT2D eigenvalue weighted by Crippen LogP contribution is 2.20. The Balaban J connectivity index is 2.88. The van der Waals surface area contributed by atoms with E-state index in [1.165, 1.54) is 12.1 Å². The van der Waals surface area contributed by atoms with Crippen molar-refractivity contribution in [2.24, 2.45) is 0 Å². The van der Waals surface area contributed by atoms with Crippen LogP contribution in [0.25, 0.3) is 0 Å². The van der Waals surface area contributed by atoms with E-state index in [2.05, 4.69) is 4.90 Å². The molecule has 106 valence electrons. The van der Waals surface area contributed by atoms with Gasteiger partial charge in [0.25, 0.3) is 0 Å². The van der Waals surface area contributed by atoms with Crippen molar-refractivity contribution in [1.82, 2.24) is 4.90 Å². The molecular formula is C15H22FNO2. The molecule has 3 nitrogen and oxygen atoms in total. The Hall–Kier alpha value is -1.42. The van der Waals surface area contributed by atoms with E-state index in [-0.39, 0.29) is 17.8 Å². The van der Waals surface area contributed by atoms with E-state index >= 15 is 0 Å². The smallest absolute Gasteiger partial charge is 0.304 e. The number of hydrogen-bond donors (Lipinski definition) is 1. The number of aryl methyl sites for hydroxylation is 1. The Bertz CT molecular complexity index is 452. The molecular weight excluding hydrogens is 245 g/mol. The van der Waals surface area contributed by atoms with E-state index in [4.69, 9.17) is 5.11 Å². The maximum Gasteiger partial charge on any atom is 0.304 e. The van der Waals surface area contributed by atoms with Crippen molar-refractivity contribution in [3.05, 3.63) is 35.1 Å². The summed E-state index contributed by atoms with van der Waals surface area (Å²) in [4.78, 5) is 12.8. The Labute approximate surface area is 114 Å². The molecule has 0 aliphatic rings. The number of nitrogens with zero attached hydrogens (tertiary/aromatic N) is 1. The van der Waals surface area contributed by atoms with E-state index in [9.17, 15) is 9.18 Å². The molecule has 0 saturated heterocycles. The van der Waals surface area contributed by atoms with Gasteiger partial charge in [0.15, 0.2) is 0 Å². The topological polar surface area (TPSA) is 40.5 Å². The predicted octanol–water partition coefficient (Wildman–Crippen LogP) is 3.21. The Morgan fingerprint density at radius 1 is 1.37 bits per heavy atom. The number of carbonyl (C=O) groups is 1. The highest BCUT2D eigenvalue weighted by Gasteiger charge is 2.22. The number of halogens is 1. The molecule has 0 aromatic heterocycles. The first-order valence-corrected chi connectivity index (χ1v) is 6.42. The van der Waals surface area contributed by atoms with Gasteiger partial charge in [-0.15, -0.1) is 0 Å². The number of carboxylic acid groups (broad SMARTS) is 1. The van der Waals surface area contributed by atoms with Crippen LogP contribution in [-0.2, 0) is 11.3 Å². The van der Waals surface area contributed by atoms with E-state index in [1.54, 1.807) is 6.07 Å². The molecule has 1 aromatic carbocycles. The molecule has 1 N–H and O–H groups in total. The zero-order chi connectivity index (χ0) is 14.6. The summed E-state index contributed by atoms with van der Waals surface area (Å²) >= 11 is 0. The average Bonchev–Trinajstić information content (AvgIpc) is 2.26. The molecule has 0 heterocycles. The zero-order valence-electron chi connectivity index (χ0n) is 12.0. The number of hydrogen-bond acceptors (Lipinski definition) is 2. The lowest BCUT2D eigenvalue weighted by Crippen LogP contribution is -2.42. The number of aliphatic carboxylic acids is 1. The van der Waals surface area contributed by atoms with Gasteiger partial charge in [-0.25, -0.2) is 4.39 Å². The van der Waals surface area contributed by atoms with E-state index in [0.717, 1.165) is 11.1 Å². The predicted molar refractivity (Wildman–Crippen MR) is 73.6 cm³/mol. The first-order chi connectivity index (χ1) is 8.70. The zero-order valence-corrected chi connectivity index (χ0v) is 12.0. The van der Waals surface area contributed by atoms with Gasteiger partial charge in [0.05, 0.1) is 6.42 Å². The highest BCUT2D eigenvalue weighted by molar-refractivity contribution is 5.66. The standard InChI is InChI=1S/C15H22FNO2/c1-11-5-6-13(16)9-12(11)10-17(15(2,3)4)8-7-14(18)19/h5-6,9H,7-8,10H2,1-4H3,(H,18,19). The van der Waals surface area contributed by atoms with Gasteiger partial charge < -0.3 is 5.11 Å². The van der Waals surface area contributed by atoms with Crippen LogP contribution < -0.4 is 0 Å². The summed E-state index contributed by atoms with van der Waals surface area (Å²) in [5, 5.41) is 8.81. The fourth-order valence-corrected chi connectivity index (χ4v) is 1.90. The monoisotopic (exact) mass is 267 g/mol. The minimum Gasteiger partial charge on any atom is -0.481 e. The molecule has 1 aromatic rings. The number of benzene rings is 1. The summed E-state index contributed by atoms with van der Waals surface area (Å²) in [7, 11) is 0. The average molecular weight is 267 g/mol. The lowest BCUT2D eigenvalue weighted by molar-refractivity contribution is -0.137. The van der Waals surface area contributed by atoms with Gasteiger partial charge in [0, 0.05) is 18.6 Å². The molecule has 19 heavy (non-hydrogen) atoms. The van der Waals surface area contributed by atoms with Crippen molar-refractivity contribution >= 4 is 5.97 Å². The second kappa shape index (κ2) is 6.15. The van der Waals surface area contributed by atoms with Gasteiger partial charge in [0.2, 0.25) is 0 Å². The number of rotatable bonds is 5. The van der Waals surface area contributed by atoms with Crippen molar-refractivity contribution < 1.29 is 14.3 Å². The van der Waals surface area contributed by atoms with Crippen molar-refractivity contribution in [2.75, 3.05) is 6.54 Å². The third-order valence-electron chi connectivity index (χ3n) is 3.22. The molecule has 4 heteroatoms. The first-order valence-electron chi connectivity index (χ1n) is 6.42. The number of carboxylic acids is 1. The minimum atomic E-state index is -0.815. The van der Waals surface area contributed by atoms with Crippen LogP contribution in [0.5, 0.6) is 0 Å². The molecule has 0 amide bonds. The summed E-state index contributed by atoms with van der Waals surface area (Å²) < 4.78 is 13.3. The van der Waals surface area contributed by atoms with Crippen LogP contribution in [0.1, 0.15) is 38.3 Å². The quantitative estimate of drug-likeness (QED) is 0.890. The van der Waals surface area contributed by atoms with Crippen LogP contribution in [0, 0.1) is 12.7 Å². The van der Waals surface area contributed by atoms with Crippen molar-refractivity contribution in [3.8, 4) is 0 Å². The van der Waals surface area contributed by atoms with E-state index in [1.807, 2.05) is 27.7 Å². The SMILES string of the molecule is Cc1ccc(F)cc1CN(CCC(=O)O)C(C)(C)C. The molecule has 0 aliphatic heterocycles. The van der Waals surface area contributed by atoms with Gasteiger partial charge in [-0.3, -0.25) is 9.69 Å². The third kappa shape index (κ3) is 4.99. The first kappa shape index (κ1) is 15.6. The molecule has 0 spiro atoms. The fraction of sp³-hybridized carbons (Fsp3) is 0.533. The molecule has 0 bridgehead atoms. The Morgan fingerprint density at radius 2 is 2.00 bits per heavy atom. The van der Waals surface area contributed by atoms with Gasteiger partial charge >= 0.3 is 5.97 Å². The summed E-state index contributed by atoms with van der Waals surface area (Å²) in [6.07, 6.45) is 0.0889. The third-order valence-corrected chi connectivity index (χ3v) is 3.22. The molecule has 0 atom stereocenters. The molecule has 0 radical (unpaired) electrons. The maximum absolute atomic E-state index is 13.3. The second-order valence-corrected chi connectivity index (χ2v) is 5.81. The van der Waals surface area contributed by atoms with Gasteiger partial charge in [0.1, 0.15) is 5.82 Å². The Morgan fingerprint density at radius 3 is 2.53 bits per heavy atom. The summed E-state index contributed by atoms with van der Waals surface area (Å²) in [5.41, 5.74) is 1.76. The second-order valence-electron chi connectivity index (χ2n) is 5.81. The lowest BCUT2D eigenvalue weighted by atomic mass is 10.0. The normalized spacial score (nSPS) is 11.9. The Kier molecular flexibility index (Phi) is 5.06. The van der Waals surface area contributed by atoms with E-state index in [0.29, 0.717) is 13.1 Å². The van der Waals surface area contributed by atoms with Crippen molar-refractivity contribution in [1.29, 1.82) is 0 Å². The van der Waals surface area contributed by atoms with E-state index < -0.39 is 5.97 Å². The fourth-order valence-electron chi connectivity index (χ4n) is 1.90. The maximum atomic E-state index is 13.3. The van der Waals surface area contributed by atoms with Crippen LogP contribution >= 0.6 is 0 Å². The largest absolute Gasteiger partial charge is 0.481 e. The van der Waals surface area contributed by atoms with Crippen LogP contribution in [0.4, 0.5) is 4.39 Å². The summed E-state index contributed by atoms with van der Waals surface area (Å²) in [6, 6.07) is 4.72. The van der Waals surface area contributed by atoms with Crippen LogP contribution in [0.2, 0.25) is 0 Å². The molecule has 1 rings (SSSR count). The van der Waals surface area contributed by atoms with Crippen molar-refractivity contribution in [3.63, 3.8) is 0 Å². The van der Waals surface area contributed by atoms with Gasteiger partial charge in [-0.2, -0.15) is 0 Å². The molecule has 0 fully saturated rings. The van der Waals surface area contributed by atoms with Crippen LogP contribution in [0.15, 0.2) is 18.2 Å². The van der Waals surface area contributed by atoms with Gasteiger partial charge in [-0.1, -0.05) is 6.07 Å². The summed E-state index contributed by atoms with van der Waals surface area (Å²) in [5.74, 6) is -1.07. The highest BCUT2D eigenvalue weighted by atomic mass is 19.1. The summed E-state index contributed by atoms with van der Waals surface area (Å²) in [6.45, 7) is 9.04. The lowest BCUT2D eigenvalue weighted by Gasteiger charge is -2.35. The van der Waals surface area contributed by atoms with Gasteiger partial charge in [-0.05, 0) is 51.0 Å². The van der Waals surface area contributed by atoms with Crippen LogP contribution in [-0.4, -0.2) is 28.1 Å². The molecule has 0 aliphatic carbocycles. The molecule has 0 saturated carbocycles.